The van der Waals surface area contributed by atoms with Gasteiger partial charge < -0.3 is 10.4 Å². The average Bonchev–Trinajstić information content (AvgIpc) is 2.23. The number of nitrogens with zero attached hydrogens (tertiary/aromatic N) is 2. The second-order valence-corrected chi connectivity index (χ2v) is 5.83. The van der Waals surface area contributed by atoms with Crippen LogP contribution in [0.4, 0.5) is 5.69 Å². The molecule has 0 bridgehead atoms. The van der Waals surface area contributed by atoms with Crippen LogP contribution in [0.3, 0.4) is 0 Å². The summed E-state index contributed by atoms with van der Waals surface area (Å²) in [6, 6.07) is 0. The average molecular weight is 304 g/mol. The fourth-order valence-corrected chi connectivity index (χ4v) is 1.65. The maximum absolute atomic E-state index is 11.8. The van der Waals surface area contributed by atoms with E-state index in [1.165, 1.54) is 4.68 Å². The summed E-state index contributed by atoms with van der Waals surface area (Å²) in [5.74, 6) is 0. The molecule has 0 saturated carbocycles. The SMILES string of the molecule is CC(C)(C)CNc1cnn(CCO)c(=O)c1Br. The Hall–Kier alpha value is -0.880. The van der Waals surface area contributed by atoms with E-state index >= 15 is 0 Å². The molecular weight excluding hydrogens is 286 g/mol. The Morgan fingerprint density at radius 1 is 1.53 bits per heavy atom. The Balaban J connectivity index is 2.89. The van der Waals surface area contributed by atoms with Crippen molar-refractivity contribution in [3.63, 3.8) is 0 Å². The van der Waals surface area contributed by atoms with Gasteiger partial charge in [-0.2, -0.15) is 5.10 Å². The van der Waals surface area contributed by atoms with Crippen molar-refractivity contribution in [2.24, 2.45) is 5.41 Å². The normalized spacial score (nSPS) is 11.6. The topological polar surface area (TPSA) is 67.2 Å². The van der Waals surface area contributed by atoms with Crippen molar-refractivity contribution in [1.82, 2.24) is 9.78 Å². The zero-order valence-corrected chi connectivity index (χ0v) is 11.9. The van der Waals surface area contributed by atoms with Gasteiger partial charge in [0.05, 0.1) is 25.0 Å². The molecule has 1 heterocycles. The molecule has 0 unspecified atom stereocenters. The summed E-state index contributed by atoms with van der Waals surface area (Å²) in [5, 5.41) is 15.9. The van der Waals surface area contributed by atoms with Crippen molar-refractivity contribution in [1.29, 1.82) is 0 Å². The molecule has 0 atom stereocenters. The highest BCUT2D eigenvalue weighted by Crippen LogP contribution is 2.19. The zero-order chi connectivity index (χ0) is 13.1. The minimum Gasteiger partial charge on any atom is -0.394 e. The minimum absolute atomic E-state index is 0.103. The van der Waals surface area contributed by atoms with Crippen molar-refractivity contribution in [2.75, 3.05) is 18.5 Å². The van der Waals surface area contributed by atoms with Gasteiger partial charge in [-0.15, -0.1) is 0 Å². The van der Waals surface area contributed by atoms with Gasteiger partial charge in [0.2, 0.25) is 0 Å². The minimum atomic E-state index is -0.238. The van der Waals surface area contributed by atoms with Gasteiger partial charge in [0.15, 0.2) is 0 Å². The summed E-state index contributed by atoms with van der Waals surface area (Å²) in [7, 11) is 0. The Bertz CT molecular complexity index is 437. The maximum atomic E-state index is 11.8. The van der Waals surface area contributed by atoms with Crippen LogP contribution in [0.5, 0.6) is 0 Å². The summed E-state index contributed by atoms with van der Waals surface area (Å²) >= 11 is 3.25. The van der Waals surface area contributed by atoms with Gasteiger partial charge in [0, 0.05) is 6.54 Å². The summed E-state index contributed by atoms with van der Waals surface area (Å²) in [4.78, 5) is 11.8. The van der Waals surface area contributed by atoms with Crippen LogP contribution in [0, 0.1) is 5.41 Å². The fraction of sp³-hybridized carbons (Fsp3) is 0.636. The molecule has 0 aliphatic carbocycles. The summed E-state index contributed by atoms with van der Waals surface area (Å²) < 4.78 is 1.68. The van der Waals surface area contributed by atoms with Crippen LogP contribution >= 0.6 is 15.9 Å². The van der Waals surface area contributed by atoms with Crippen LogP contribution < -0.4 is 10.9 Å². The monoisotopic (exact) mass is 303 g/mol. The molecule has 6 heteroatoms. The Morgan fingerprint density at radius 3 is 2.71 bits per heavy atom. The lowest BCUT2D eigenvalue weighted by Gasteiger charge is -2.20. The molecule has 5 nitrogen and oxygen atoms in total. The molecule has 2 N–H and O–H groups in total. The van der Waals surface area contributed by atoms with E-state index in [0.29, 0.717) is 10.2 Å². The van der Waals surface area contributed by atoms with E-state index in [4.69, 9.17) is 5.11 Å². The first-order chi connectivity index (χ1) is 7.85. The Kier molecular flexibility index (Phi) is 4.70. The van der Waals surface area contributed by atoms with Crippen molar-refractivity contribution in [3.8, 4) is 0 Å². The predicted octanol–water partition coefficient (Wildman–Crippen LogP) is 1.46. The fourth-order valence-electron chi connectivity index (χ4n) is 1.20. The molecule has 1 rings (SSSR count). The van der Waals surface area contributed by atoms with Gasteiger partial charge in [0.1, 0.15) is 4.47 Å². The van der Waals surface area contributed by atoms with E-state index in [-0.39, 0.29) is 24.1 Å². The second-order valence-electron chi connectivity index (χ2n) is 5.04. The zero-order valence-electron chi connectivity index (χ0n) is 10.3. The van der Waals surface area contributed by atoms with Gasteiger partial charge in [0.25, 0.3) is 5.56 Å². The lowest BCUT2D eigenvalue weighted by Crippen LogP contribution is -2.27. The molecule has 17 heavy (non-hydrogen) atoms. The Labute approximate surface area is 109 Å². The van der Waals surface area contributed by atoms with E-state index in [1.807, 2.05) is 0 Å². The van der Waals surface area contributed by atoms with Gasteiger partial charge in [-0.3, -0.25) is 4.79 Å². The van der Waals surface area contributed by atoms with Crippen LogP contribution in [-0.2, 0) is 6.54 Å². The molecule has 0 spiro atoms. The van der Waals surface area contributed by atoms with Gasteiger partial charge in [-0.05, 0) is 21.3 Å². The second kappa shape index (κ2) is 5.64. The third-order valence-electron chi connectivity index (χ3n) is 2.11. The number of nitrogens with one attached hydrogen (secondary N) is 1. The van der Waals surface area contributed by atoms with E-state index in [9.17, 15) is 4.79 Å². The molecular formula is C11H18BrN3O2. The van der Waals surface area contributed by atoms with Crippen LogP contribution in [0.2, 0.25) is 0 Å². The molecule has 0 aliphatic rings. The van der Waals surface area contributed by atoms with Crippen molar-refractivity contribution in [3.05, 3.63) is 21.0 Å². The lowest BCUT2D eigenvalue weighted by atomic mass is 9.97. The standard InChI is InChI=1S/C11H18BrN3O2/c1-11(2,3)7-13-8-6-14-15(4-5-16)10(17)9(8)12/h6,13,16H,4-5,7H2,1-3H3. The van der Waals surface area contributed by atoms with Gasteiger partial charge in [-0.25, -0.2) is 4.68 Å². The first kappa shape index (κ1) is 14.2. The van der Waals surface area contributed by atoms with E-state index in [1.54, 1.807) is 6.20 Å². The predicted molar refractivity (Wildman–Crippen MR) is 71.2 cm³/mol. The number of hydrogen-bond acceptors (Lipinski definition) is 4. The highest BCUT2D eigenvalue weighted by Gasteiger charge is 2.13. The van der Waals surface area contributed by atoms with Crippen LogP contribution in [0.1, 0.15) is 20.8 Å². The summed E-state index contributed by atoms with van der Waals surface area (Å²) in [5.41, 5.74) is 0.566. The smallest absolute Gasteiger partial charge is 0.283 e. The van der Waals surface area contributed by atoms with E-state index in [0.717, 1.165) is 6.54 Å². The molecule has 0 fully saturated rings. The quantitative estimate of drug-likeness (QED) is 0.883. The third-order valence-corrected chi connectivity index (χ3v) is 2.87. The highest BCUT2D eigenvalue weighted by molar-refractivity contribution is 9.10. The first-order valence-electron chi connectivity index (χ1n) is 5.45. The maximum Gasteiger partial charge on any atom is 0.283 e. The van der Waals surface area contributed by atoms with Gasteiger partial charge in [-0.1, -0.05) is 20.8 Å². The lowest BCUT2D eigenvalue weighted by molar-refractivity contribution is 0.266. The van der Waals surface area contributed by atoms with E-state index < -0.39 is 0 Å². The number of rotatable bonds is 4. The molecule has 1 aromatic rings. The van der Waals surface area contributed by atoms with Crippen LogP contribution in [0.15, 0.2) is 15.5 Å². The third kappa shape index (κ3) is 4.12. The molecule has 0 saturated heterocycles. The summed E-state index contributed by atoms with van der Waals surface area (Å²) in [6.45, 7) is 7.17. The molecule has 0 amide bonds. The van der Waals surface area contributed by atoms with Crippen molar-refractivity contribution >= 4 is 21.6 Å². The highest BCUT2D eigenvalue weighted by atomic mass is 79.9. The number of aliphatic hydroxyl groups is 1. The molecule has 96 valence electrons. The van der Waals surface area contributed by atoms with Gasteiger partial charge >= 0.3 is 0 Å². The summed E-state index contributed by atoms with van der Waals surface area (Å²) in [6.07, 6.45) is 1.59. The van der Waals surface area contributed by atoms with Crippen LogP contribution in [0.25, 0.3) is 0 Å². The number of aliphatic hydroxyl groups excluding tert-OH is 1. The Morgan fingerprint density at radius 2 is 2.18 bits per heavy atom. The number of anilines is 1. The van der Waals surface area contributed by atoms with Crippen molar-refractivity contribution in [2.45, 2.75) is 27.3 Å². The first-order valence-corrected chi connectivity index (χ1v) is 6.25. The molecule has 1 aromatic heterocycles. The number of halogens is 1. The molecule has 0 aromatic carbocycles. The van der Waals surface area contributed by atoms with Crippen molar-refractivity contribution < 1.29 is 5.11 Å². The number of hydrogen-bond donors (Lipinski definition) is 2. The molecule has 0 radical (unpaired) electrons. The van der Waals surface area contributed by atoms with E-state index in [2.05, 4.69) is 47.1 Å². The van der Waals surface area contributed by atoms with Crippen LogP contribution in [-0.4, -0.2) is 28.0 Å². The number of aromatic nitrogens is 2. The largest absolute Gasteiger partial charge is 0.394 e. The molecule has 0 aliphatic heterocycles.